The molecule has 0 aliphatic carbocycles. The van der Waals surface area contributed by atoms with Crippen LogP contribution in [0.1, 0.15) is 40.3 Å². The van der Waals surface area contributed by atoms with E-state index in [0.29, 0.717) is 12.1 Å². The largest absolute Gasteiger partial charge is 0.347 e. The van der Waals surface area contributed by atoms with Crippen LogP contribution in [0.3, 0.4) is 0 Å². The Balaban J connectivity index is 2.16. The van der Waals surface area contributed by atoms with Gasteiger partial charge in [0.2, 0.25) is 0 Å². The predicted molar refractivity (Wildman–Crippen MR) is 81.6 cm³/mol. The van der Waals surface area contributed by atoms with Crippen LogP contribution in [-0.2, 0) is 0 Å². The molecular weight excluding hydrogens is 264 g/mol. The summed E-state index contributed by atoms with van der Waals surface area (Å²) in [4.78, 5) is 19.4. The highest BCUT2D eigenvalue weighted by Gasteiger charge is 2.13. The minimum atomic E-state index is -0.188. The summed E-state index contributed by atoms with van der Waals surface area (Å²) in [7, 11) is 0. The van der Waals surface area contributed by atoms with Gasteiger partial charge in [0, 0.05) is 23.5 Å². The number of carbonyl (C=O) groups excluding carboxylic acids is 1. The van der Waals surface area contributed by atoms with Crippen LogP contribution in [0.5, 0.6) is 0 Å². The van der Waals surface area contributed by atoms with Crippen molar-refractivity contribution in [2.75, 3.05) is 6.54 Å². The van der Waals surface area contributed by atoms with E-state index in [0.717, 1.165) is 17.0 Å². The van der Waals surface area contributed by atoms with Crippen LogP contribution < -0.4 is 11.1 Å². The lowest BCUT2D eigenvalue weighted by molar-refractivity contribution is 0.0938. The third-order valence-electron chi connectivity index (χ3n) is 3.10. The van der Waals surface area contributed by atoms with E-state index in [1.165, 1.54) is 0 Å². The van der Waals surface area contributed by atoms with E-state index in [-0.39, 0.29) is 11.9 Å². The van der Waals surface area contributed by atoms with Crippen LogP contribution in [0.2, 0.25) is 0 Å². The molecule has 2 aromatic rings. The molecule has 0 aliphatic rings. The number of nitrogens with one attached hydrogen (secondary N) is 2. The summed E-state index contributed by atoms with van der Waals surface area (Å²) < 4.78 is 0. The van der Waals surface area contributed by atoms with Crippen molar-refractivity contribution >= 4 is 5.91 Å². The summed E-state index contributed by atoms with van der Waals surface area (Å²) in [5.41, 5.74) is 7.79. The number of amides is 1. The number of imidazole rings is 1. The first-order valence-corrected chi connectivity index (χ1v) is 6.71. The van der Waals surface area contributed by atoms with Gasteiger partial charge in [0.1, 0.15) is 5.82 Å². The fourth-order valence-electron chi connectivity index (χ4n) is 1.91. The quantitative estimate of drug-likeness (QED) is 0.746. The van der Waals surface area contributed by atoms with Gasteiger partial charge in [0.25, 0.3) is 5.91 Å². The summed E-state index contributed by atoms with van der Waals surface area (Å²) >= 11 is 0. The molecule has 21 heavy (non-hydrogen) atoms. The van der Waals surface area contributed by atoms with Crippen molar-refractivity contribution in [3.05, 3.63) is 53.1 Å². The van der Waals surface area contributed by atoms with Crippen LogP contribution in [-0.4, -0.2) is 22.4 Å². The molecule has 1 aromatic heterocycles. The molecule has 0 bridgehead atoms. The molecule has 0 spiro atoms. The highest BCUT2D eigenvalue weighted by Crippen LogP contribution is 2.12. The van der Waals surface area contributed by atoms with Crippen molar-refractivity contribution in [1.29, 1.82) is 0 Å². The van der Waals surface area contributed by atoms with Gasteiger partial charge in [-0.2, -0.15) is 0 Å². The molecule has 2 rings (SSSR count). The first-order chi connectivity index (χ1) is 10.1. The first kappa shape index (κ1) is 14.8. The van der Waals surface area contributed by atoms with E-state index >= 15 is 0 Å². The van der Waals surface area contributed by atoms with E-state index in [4.69, 9.17) is 5.73 Å². The van der Waals surface area contributed by atoms with Crippen molar-refractivity contribution in [3.8, 4) is 11.8 Å². The zero-order valence-corrected chi connectivity index (χ0v) is 12.1. The smallest absolute Gasteiger partial charge is 0.251 e. The van der Waals surface area contributed by atoms with Crippen molar-refractivity contribution in [2.24, 2.45) is 5.73 Å². The van der Waals surface area contributed by atoms with Gasteiger partial charge in [-0.1, -0.05) is 17.9 Å². The van der Waals surface area contributed by atoms with Crippen LogP contribution >= 0.6 is 0 Å². The van der Waals surface area contributed by atoms with Gasteiger partial charge in [0.15, 0.2) is 0 Å². The van der Waals surface area contributed by atoms with Crippen LogP contribution in [0.15, 0.2) is 30.6 Å². The second-order valence-electron chi connectivity index (χ2n) is 4.71. The summed E-state index contributed by atoms with van der Waals surface area (Å²) in [5, 5.41) is 2.90. The Morgan fingerprint density at radius 1 is 1.52 bits per heavy atom. The third kappa shape index (κ3) is 3.71. The molecule has 108 valence electrons. The van der Waals surface area contributed by atoms with Gasteiger partial charge in [-0.25, -0.2) is 4.98 Å². The lowest BCUT2D eigenvalue weighted by Crippen LogP contribution is -2.27. The molecule has 1 aromatic carbocycles. The lowest BCUT2D eigenvalue weighted by atomic mass is 10.0. The van der Waals surface area contributed by atoms with Gasteiger partial charge in [-0.05, 0) is 31.5 Å². The fraction of sp³-hybridized carbons (Fsp3) is 0.250. The molecule has 1 atom stereocenters. The number of aromatic nitrogens is 2. The molecule has 0 radical (unpaired) electrons. The lowest BCUT2D eigenvalue weighted by Gasteiger charge is -2.12. The predicted octanol–water partition coefficient (Wildman–Crippen LogP) is 1.52. The van der Waals surface area contributed by atoms with Crippen molar-refractivity contribution in [1.82, 2.24) is 15.3 Å². The van der Waals surface area contributed by atoms with Gasteiger partial charge >= 0.3 is 0 Å². The van der Waals surface area contributed by atoms with E-state index in [9.17, 15) is 4.79 Å². The standard InChI is InChI=1S/C16H18N4O/c1-11-5-6-14(10-13(11)4-3-7-17)16(21)20-12(2)15-18-8-9-19-15/h5-6,8-10,12H,7,17H2,1-2H3,(H,18,19)(H,20,21). The molecular formula is C16H18N4O. The second-order valence-corrected chi connectivity index (χ2v) is 4.71. The van der Waals surface area contributed by atoms with E-state index in [1.807, 2.05) is 19.9 Å². The van der Waals surface area contributed by atoms with Crippen molar-refractivity contribution in [3.63, 3.8) is 0 Å². The molecule has 1 heterocycles. The average molecular weight is 282 g/mol. The Morgan fingerprint density at radius 3 is 3.00 bits per heavy atom. The highest BCUT2D eigenvalue weighted by molar-refractivity contribution is 5.94. The molecule has 1 unspecified atom stereocenters. The number of hydrogen-bond donors (Lipinski definition) is 3. The Morgan fingerprint density at radius 2 is 2.33 bits per heavy atom. The number of aromatic amines is 1. The van der Waals surface area contributed by atoms with E-state index in [2.05, 4.69) is 27.1 Å². The Bertz CT molecular complexity index is 680. The molecule has 4 N–H and O–H groups in total. The van der Waals surface area contributed by atoms with Gasteiger partial charge in [-0.15, -0.1) is 0 Å². The zero-order valence-electron chi connectivity index (χ0n) is 12.1. The molecule has 0 saturated carbocycles. The van der Waals surface area contributed by atoms with Crippen molar-refractivity contribution in [2.45, 2.75) is 19.9 Å². The zero-order chi connectivity index (χ0) is 15.2. The molecule has 1 amide bonds. The van der Waals surface area contributed by atoms with Crippen LogP contribution in [0.4, 0.5) is 0 Å². The number of hydrogen-bond acceptors (Lipinski definition) is 3. The third-order valence-corrected chi connectivity index (χ3v) is 3.10. The number of H-pyrrole nitrogens is 1. The number of rotatable bonds is 3. The SMILES string of the molecule is Cc1ccc(C(=O)NC(C)c2ncc[nH]2)cc1C#CCN. The minimum absolute atomic E-state index is 0.158. The fourth-order valence-corrected chi connectivity index (χ4v) is 1.91. The summed E-state index contributed by atoms with van der Waals surface area (Å²) in [6.45, 7) is 4.12. The highest BCUT2D eigenvalue weighted by atomic mass is 16.1. The topological polar surface area (TPSA) is 83.8 Å². The second kappa shape index (κ2) is 6.73. The molecule has 0 saturated heterocycles. The van der Waals surface area contributed by atoms with E-state index in [1.54, 1.807) is 24.5 Å². The number of nitrogens with two attached hydrogens (primary N) is 1. The monoisotopic (exact) mass is 282 g/mol. The van der Waals surface area contributed by atoms with Gasteiger partial charge in [-0.3, -0.25) is 4.79 Å². The van der Waals surface area contributed by atoms with E-state index < -0.39 is 0 Å². The number of aryl methyl sites for hydroxylation is 1. The maximum Gasteiger partial charge on any atom is 0.251 e. The minimum Gasteiger partial charge on any atom is -0.347 e. The summed E-state index contributed by atoms with van der Waals surface area (Å²) in [5.74, 6) is 6.34. The van der Waals surface area contributed by atoms with Gasteiger partial charge < -0.3 is 16.0 Å². The number of nitrogens with zero attached hydrogens (tertiary/aromatic N) is 1. The molecule has 5 heteroatoms. The molecule has 0 aliphatic heterocycles. The average Bonchev–Trinajstić information content (AvgIpc) is 3.00. The molecule has 5 nitrogen and oxygen atoms in total. The Labute approximate surface area is 124 Å². The summed E-state index contributed by atoms with van der Waals surface area (Å²) in [6, 6.07) is 5.26. The maximum absolute atomic E-state index is 12.3. The Kier molecular flexibility index (Phi) is 4.75. The number of carbonyl (C=O) groups is 1. The Hall–Kier alpha value is -2.58. The first-order valence-electron chi connectivity index (χ1n) is 6.71. The van der Waals surface area contributed by atoms with Crippen LogP contribution in [0, 0.1) is 18.8 Å². The van der Waals surface area contributed by atoms with Gasteiger partial charge in [0.05, 0.1) is 12.6 Å². The number of benzene rings is 1. The normalized spacial score (nSPS) is 11.4. The van der Waals surface area contributed by atoms with Crippen molar-refractivity contribution < 1.29 is 4.79 Å². The molecule has 0 fully saturated rings. The summed E-state index contributed by atoms with van der Waals surface area (Å²) in [6.07, 6.45) is 3.38. The maximum atomic E-state index is 12.3. The van der Waals surface area contributed by atoms with Crippen LogP contribution in [0.25, 0.3) is 0 Å².